The number of rotatable bonds is 19. The Morgan fingerprint density at radius 3 is 1.27 bits per heavy atom. The molecule has 0 atom stereocenters. The van der Waals surface area contributed by atoms with E-state index in [1.54, 1.807) is 38.5 Å². The smallest absolute Gasteiger partial charge is 0.338 e. The van der Waals surface area contributed by atoms with Gasteiger partial charge >= 0.3 is 11.9 Å². The first-order chi connectivity index (χ1) is 21.6. The van der Waals surface area contributed by atoms with E-state index in [0.717, 1.165) is 21.5 Å². The number of benzene rings is 4. The van der Waals surface area contributed by atoms with Crippen LogP contribution in [0.4, 0.5) is 0 Å². The first kappa shape index (κ1) is 32.7. The summed E-state index contributed by atoms with van der Waals surface area (Å²) < 4.78 is 42.8. The lowest BCUT2D eigenvalue weighted by molar-refractivity contribution is 0.0210. The number of carbonyl (C=O) groups excluding carboxylic acids is 2. The molecule has 0 fully saturated rings. The minimum Gasteiger partial charge on any atom is -0.490 e. The zero-order valence-corrected chi connectivity index (χ0v) is 25.1. The van der Waals surface area contributed by atoms with Gasteiger partial charge in [0.15, 0.2) is 0 Å². The maximum absolute atomic E-state index is 12.4. The molecule has 4 rings (SSSR count). The van der Waals surface area contributed by atoms with Crippen LogP contribution in [0, 0.1) is 0 Å². The van der Waals surface area contributed by atoms with Crippen molar-refractivity contribution in [3.63, 3.8) is 0 Å². The van der Waals surface area contributed by atoms with Gasteiger partial charge in [0, 0.05) is 14.2 Å². The molecule has 44 heavy (non-hydrogen) atoms. The van der Waals surface area contributed by atoms with Crippen LogP contribution in [0.15, 0.2) is 72.8 Å². The fraction of sp³-hybridized carbons (Fsp3) is 0.353. The number of fused-ring (bicyclic) bond motifs is 2. The minimum atomic E-state index is -0.396. The fourth-order valence-electron chi connectivity index (χ4n) is 4.24. The molecule has 0 unspecified atom stereocenters. The third-order valence-electron chi connectivity index (χ3n) is 6.50. The van der Waals surface area contributed by atoms with Gasteiger partial charge in [0.05, 0.1) is 50.8 Å². The Morgan fingerprint density at radius 2 is 0.841 bits per heavy atom. The molecule has 10 nitrogen and oxygen atoms in total. The highest BCUT2D eigenvalue weighted by Gasteiger charge is 2.10. The summed E-state index contributed by atoms with van der Waals surface area (Å²) in [4.78, 5) is 24.7. The summed E-state index contributed by atoms with van der Waals surface area (Å²) in [6.07, 6.45) is 0. The van der Waals surface area contributed by atoms with E-state index in [1.165, 1.54) is 0 Å². The lowest BCUT2D eigenvalue weighted by Gasteiger charge is -2.11. The van der Waals surface area contributed by atoms with Crippen molar-refractivity contribution in [2.75, 3.05) is 80.3 Å². The molecule has 10 heteroatoms. The van der Waals surface area contributed by atoms with Crippen LogP contribution < -0.4 is 9.47 Å². The monoisotopic (exact) mass is 606 g/mol. The number of carbonyl (C=O) groups is 2. The van der Waals surface area contributed by atoms with E-state index >= 15 is 0 Å². The van der Waals surface area contributed by atoms with Gasteiger partial charge in [-0.15, -0.1) is 0 Å². The average molecular weight is 607 g/mol. The summed E-state index contributed by atoms with van der Waals surface area (Å²) in [6.45, 7) is 3.61. The molecule has 0 saturated heterocycles. The number of hydrogen-bond donors (Lipinski definition) is 0. The van der Waals surface area contributed by atoms with Crippen molar-refractivity contribution in [2.24, 2.45) is 0 Å². The molecule has 4 aromatic carbocycles. The second-order valence-corrected chi connectivity index (χ2v) is 9.63. The van der Waals surface area contributed by atoms with Crippen LogP contribution in [0.5, 0.6) is 11.5 Å². The standard InChI is InChI=1S/C34H38O10/c1-37-11-13-39-15-17-43-33(35)29-5-3-27-23-31(9-7-25(27)21-29)41-19-20-42-32-10-8-26-22-30(6-4-28(26)24-32)34(36)44-18-16-40-14-12-38-2/h3-10,21-24H,11-20H2,1-2H3. The molecule has 0 aliphatic rings. The van der Waals surface area contributed by atoms with E-state index in [4.69, 9.17) is 37.9 Å². The van der Waals surface area contributed by atoms with Crippen LogP contribution in [0.2, 0.25) is 0 Å². The predicted octanol–water partition coefficient (Wildman–Crippen LogP) is 5.09. The number of esters is 2. The first-order valence-electron chi connectivity index (χ1n) is 14.4. The molecule has 234 valence electrons. The molecule has 4 aromatic rings. The first-order valence-corrected chi connectivity index (χ1v) is 14.4. The van der Waals surface area contributed by atoms with Crippen molar-refractivity contribution in [1.82, 2.24) is 0 Å². The minimum absolute atomic E-state index is 0.180. The highest BCUT2D eigenvalue weighted by molar-refractivity contribution is 5.96. The van der Waals surface area contributed by atoms with Gasteiger partial charge in [0.25, 0.3) is 0 Å². The molecule has 0 saturated carbocycles. The second kappa shape index (κ2) is 17.8. The normalized spacial score (nSPS) is 11.0. The van der Waals surface area contributed by atoms with Gasteiger partial charge < -0.3 is 37.9 Å². The molecular formula is C34H38O10. The largest absolute Gasteiger partial charge is 0.490 e. The van der Waals surface area contributed by atoms with Crippen LogP contribution in [-0.2, 0) is 28.4 Å². The third-order valence-corrected chi connectivity index (χ3v) is 6.50. The Kier molecular flexibility index (Phi) is 13.2. The number of methoxy groups -OCH3 is 2. The maximum Gasteiger partial charge on any atom is 0.338 e. The Hall–Kier alpha value is -4.22. The topological polar surface area (TPSA) is 108 Å². The fourth-order valence-corrected chi connectivity index (χ4v) is 4.24. The van der Waals surface area contributed by atoms with Crippen molar-refractivity contribution >= 4 is 33.5 Å². The van der Waals surface area contributed by atoms with Gasteiger partial charge in [-0.2, -0.15) is 0 Å². The summed E-state index contributed by atoms with van der Waals surface area (Å²) in [6, 6.07) is 22.1. The van der Waals surface area contributed by atoms with E-state index in [1.807, 2.05) is 48.5 Å². The lowest BCUT2D eigenvalue weighted by Crippen LogP contribution is -2.12. The van der Waals surface area contributed by atoms with Crippen LogP contribution in [0.1, 0.15) is 20.7 Å². The Morgan fingerprint density at radius 1 is 0.455 bits per heavy atom. The van der Waals surface area contributed by atoms with Gasteiger partial charge in [-0.25, -0.2) is 9.59 Å². The molecule has 0 amide bonds. The number of hydrogen-bond acceptors (Lipinski definition) is 10. The van der Waals surface area contributed by atoms with Crippen molar-refractivity contribution < 1.29 is 47.5 Å². The molecule has 0 N–H and O–H groups in total. The molecule has 0 heterocycles. The molecule has 0 spiro atoms. The van der Waals surface area contributed by atoms with Gasteiger partial charge in [-0.3, -0.25) is 0 Å². The summed E-state index contributed by atoms with van der Waals surface area (Å²) >= 11 is 0. The van der Waals surface area contributed by atoms with E-state index < -0.39 is 11.9 Å². The van der Waals surface area contributed by atoms with Crippen LogP contribution in [0.3, 0.4) is 0 Å². The van der Waals surface area contributed by atoms with Crippen molar-refractivity contribution in [3.8, 4) is 11.5 Å². The molecule has 0 aliphatic carbocycles. The van der Waals surface area contributed by atoms with Gasteiger partial charge in [-0.1, -0.05) is 24.3 Å². The second-order valence-electron chi connectivity index (χ2n) is 9.63. The summed E-state index contributed by atoms with van der Waals surface area (Å²) in [7, 11) is 3.20. The van der Waals surface area contributed by atoms with Crippen LogP contribution in [0.25, 0.3) is 21.5 Å². The van der Waals surface area contributed by atoms with Gasteiger partial charge in [0.2, 0.25) is 0 Å². The zero-order chi connectivity index (χ0) is 31.0. The van der Waals surface area contributed by atoms with E-state index in [2.05, 4.69) is 0 Å². The highest BCUT2D eigenvalue weighted by atomic mass is 16.6. The average Bonchev–Trinajstić information content (AvgIpc) is 3.05. The lowest BCUT2D eigenvalue weighted by atomic mass is 10.1. The Balaban J connectivity index is 1.20. The molecular weight excluding hydrogens is 568 g/mol. The van der Waals surface area contributed by atoms with E-state index in [9.17, 15) is 9.59 Å². The summed E-state index contributed by atoms with van der Waals surface area (Å²) in [5.41, 5.74) is 0.949. The van der Waals surface area contributed by atoms with Crippen molar-refractivity contribution in [1.29, 1.82) is 0 Å². The van der Waals surface area contributed by atoms with Crippen LogP contribution >= 0.6 is 0 Å². The SMILES string of the molecule is COCCOCCOC(=O)c1ccc2cc(OCCOc3ccc4cc(C(=O)OCCOCCOC)ccc4c3)ccc2c1. The number of ether oxygens (including phenoxy) is 8. The molecule has 0 radical (unpaired) electrons. The van der Waals surface area contributed by atoms with Crippen LogP contribution in [-0.4, -0.2) is 92.2 Å². The summed E-state index contributed by atoms with van der Waals surface area (Å²) in [5, 5.41) is 3.69. The zero-order valence-electron chi connectivity index (χ0n) is 25.1. The quantitative estimate of drug-likeness (QED) is 0.106. The Labute approximate surface area is 256 Å². The van der Waals surface area contributed by atoms with E-state index in [-0.39, 0.29) is 13.2 Å². The van der Waals surface area contributed by atoms with Gasteiger partial charge in [0.1, 0.15) is 37.9 Å². The highest BCUT2D eigenvalue weighted by Crippen LogP contribution is 2.24. The van der Waals surface area contributed by atoms with Crippen molar-refractivity contribution in [3.05, 3.63) is 83.9 Å². The Bertz CT molecular complexity index is 1390. The maximum atomic E-state index is 12.4. The third kappa shape index (κ3) is 10.2. The molecule has 0 aromatic heterocycles. The van der Waals surface area contributed by atoms with Gasteiger partial charge in [-0.05, 0) is 70.1 Å². The summed E-state index contributed by atoms with van der Waals surface area (Å²) in [5.74, 6) is 0.604. The van der Waals surface area contributed by atoms with Crippen molar-refractivity contribution in [2.45, 2.75) is 0 Å². The predicted molar refractivity (Wildman–Crippen MR) is 165 cm³/mol. The molecule has 0 bridgehead atoms. The van der Waals surface area contributed by atoms with E-state index in [0.29, 0.717) is 75.5 Å². The molecule has 0 aliphatic heterocycles.